The second kappa shape index (κ2) is 12.7. The van der Waals surface area contributed by atoms with E-state index in [0.717, 1.165) is 0 Å². The lowest BCUT2D eigenvalue weighted by Gasteiger charge is -2.18. The number of hydrogen-bond donors (Lipinski definition) is 0. The molecule has 1 aromatic rings. The Morgan fingerprint density at radius 1 is 1.12 bits per heavy atom. The lowest BCUT2D eigenvalue weighted by molar-refractivity contribution is -0.121. The third-order valence-electron chi connectivity index (χ3n) is 3.10. The largest absolute Gasteiger partial charge is 0.489 e. The van der Waals surface area contributed by atoms with Gasteiger partial charge in [0.1, 0.15) is 30.1 Å². The number of benzene rings is 1. The van der Waals surface area contributed by atoms with Gasteiger partial charge >= 0.3 is 0 Å². The van der Waals surface area contributed by atoms with Crippen molar-refractivity contribution in [2.24, 2.45) is 0 Å². The Labute approximate surface area is 173 Å². The molecule has 0 aliphatic carbocycles. The summed E-state index contributed by atoms with van der Waals surface area (Å²) in [5, 5.41) is 0.696. The molecule has 0 radical (unpaired) electrons. The zero-order valence-electron chi connectivity index (χ0n) is 14.6. The molecule has 1 aromatic carbocycles. The summed E-state index contributed by atoms with van der Waals surface area (Å²) in [6.45, 7) is 4.03. The Balaban J connectivity index is 2.42. The molecule has 0 aliphatic heterocycles. The topological polar surface area (TPSA) is 48.0 Å². The maximum atomic E-state index is 10.8. The van der Waals surface area contributed by atoms with Crippen LogP contribution >= 0.6 is 46.4 Å². The molecular weight excluding hydrogens is 424 g/mol. The van der Waals surface area contributed by atoms with Crippen molar-refractivity contribution in [1.82, 2.24) is 4.90 Å². The van der Waals surface area contributed by atoms with Crippen LogP contribution in [0.4, 0.5) is 0 Å². The van der Waals surface area contributed by atoms with E-state index in [1.54, 1.807) is 12.1 Å². The number of Topliss-reactive ketones (excluding diaryl/α,β-unsaturated/α-hetero) is 1. The SMILES string of the molecule is CC(=O)COCCN(C)CCOc1c(Cl)cc(OCC=C(Cl)Cl)cc1Cl. The maximum Gasteiger partial charge on any atom is 0.156 e. The van der Waals surface area contributed by atoms with E-state index in [2.05, 4.69) is 0 Å². The third kappa shape index (κ3) is 9.86. The highest BCUT2D eigenvalue weighted by molar-refractivity contribution is 6.55. The molecule has 0 amide bonds. The summed E-state index contributed by atoms with van der Waals surface area (Å²) in [5.41, 5.74) is 0. The molecular formula is C17H21Cl4NO4. The standard InChI is InChI=1S/C17H21Cl4NO4/c1-12(23)11-24-7-4-22(2)5-8-26-17-14(18)9-13(10-15(17)19)25-6-3-16(20)21/h3,9-10H,4-8,11H2,1-2H3. The van der Waals surface area contributed by atoms with Gasteiger partial charge in [-0.25, -0.2) is 0 Å². The number of hydrogen-bond acceptors (Lipinski definition) is 5. The summed E-state index contributed by atoms with van der Waals surface area (Å²) in [6.07, 6.45) is 1.51. The molecule has 0 saturated heterocycles. The molecule has 146 valence electrons. The van der Waals surface area contributed by atoms with E-state index in [4.69, 9.17) is 60.6 Å². The van der Waals surface area contributed by atoms with Crippen LogP contribution in [-0.2, 0) is 9.53 Å². The van der Waals surface area contributed by atoms with Gasteiger partial charge in [0.2, 0.25) is 0 Å². The number of nitrogens with zero attached hydrogens (tertiary/aromatic N) is 1. The van der Waals surface area contributed by atoms with Gasteiger partial charge in [0.05, 0.1) is 16.7 Å². The van der Waals surface area contributed by atoms with Gasteiger partial charge in [-0.05, 0) is 20.0 Å². The molecule has 0 bridgehead atoms. The van der Waals surface area contributed by atoms with Crippen LogP contribution in [0.15, 0.2) is 22.7 Å². The summed E-state index contributed by atoms with van der Waals surface area (Å²) >= 11 is 23.4. The molecule has 0 aromatic heterocycles. The van der Waals surface area contributed by atoms with Crippen molar-refractivity contribution in [2.45, 2.75) is 6.92 Å². The quantitative estimate of drug-likeness (QED) is 0.440. The molecule has 0 saturated carbocycles. The van der Waals surface area contributed by atoms with Gasteiger partial charge in [-0.2, -0.15) is 0 Å². The molecule has 26 heavy (non-hydrogen) atoms. The third-order valence-corrected chi connectivity index (χ3v) is 3.97. The highest BCUT2D eigenvalue weighted by Gasteiger charge is 2.11. The van der Waals surface area contributed by atoms with Crippen LogP contribution in [0.25, 0.3) is 0 Å². The van der Waals surface area contributed by atoms with Crippen LogP contribution in [0.3, 0.4) is 0 Å². The minimum absolute atomic E-state index is 0.00877. The van der Waals surface area contributed by atoms with Gasteiger partial charge in [-0.3, -0.25) is 4.79 Å². The number of carbonyl (C=O) groups excluding carboxylic acids is 1. The van der Waals surface area contributed by atoms with E-state index in [-0.39, 0.29) is 23.5 Å². The van der Waals surface area contributed by atoms with Crippen molar-refractivity contribution in [3.05, 3.63) is 32.7 Å². The molecule has 0 aliphatic rings. The zero-order chi connectivity index (χ0) is 19.5. The molecule has 0 unspecified atom stereocenters. The molecule has 0 N–H and O–H groups in total. The van der Waals surface area contributed by atoms with Crippen molar-refractivity contribution >= 4 is 52.2 Å². The molecule has 0 spiro atoms. The van der Waals surface area contributed by atoms with Crippen LogP contribution in [-0.4, -0.2) is 57.2 Å². The van der Waals surface area contributed by atoms with Crippen LogP contribution in [0.1, 0.15) is 6.92 Å². The monoisotopic (exact) mass is 443 g/mol. The van der Waals surface area contributed by atoms with Crippen LogP contribution < -0.4 is 9.47 Å². The smallest absolute Gasteiger partial charge is 0.156 e. The van der Waals surface area contributed by atoms with E-state index in [1.165, 1.54) is 13.0 Å². The van der Waals surface area contributed by atoms with Gasteiger partial charge < -0.3 is 19.1 Å². The summed E-state index contributed by atoms with van der Waals surface area (Å²) in [6, 6.07) is 3.22. The number of likely N-dealkylation sites (N-methyl/N-ethyl adjacent to an activating group) is 1. The number of rotatable bonds is 12. The van der Waals surface area contributed by atoms with Gasteiger partial charge in [0, 0.05) is 25.2 Å². The lowest BCUT2D eigenvalue weighted by Crippen LogP contribution is -2.28. The first-order chi connectivity index (χ1) is 12.3. The van der Waals surface area contributed by atoms with Crippen molar-refractivity contribution < 1.29 is 19.0 Å². The Morgan fingerprint density at radius 2 is 1.73 bits per heavy atom. The Bertz CT molecular complexity index is 598. The number of halogens is 4. The fourth-order valence-electron chi connectivity index (χ4n) is 1.81. The molecule has 0 heterocycles. The predicted molar refractivity (Wildman–Crippen MR) is 106 cm³/mol. The van der Waals surface area contributed by atoms with Crippen LogP contribution in [0.5, 0.6) is 11.5 Å². The summed E-state index contributed by atoms with van der Waals surface area (Å²) in [4.78, 5) is 12.8. The normalized spacial score (nSPS) is 10.7. The van der Waals surface area contributed by atoms with Crippen molar-refractivity contribution in [1.29, 1.82) is 0 Å². The highest BCUT2D eigenvalue weighted by Crippen LogP contribution is 2.37. The fraction of sp³-hybridized carbons (Fsp3) is 0.471. The van der Waals surface area contributed by atoms with E-state index in [9.17, 15) is 4.79 Å². The summed E-state index contributed by atoms with van der Waals surface area (Å²) in [7, 11) is 1.93. The van der Waals surface area contributed by atoms with Crippen LogP contribution in [0, 0.1) is 0 Å². The van der Waals surface area contributed by atoms with Gasteiger partial charge in [-0.1, -0.05) is 46.4 Å². The zero-order valence-corrected chi connectivity index (χ0v) is 17.6. The first kappa shape index (κ1) is 23.3. The second-order valence-electron chi connectivity index (χ2n) is 5.43. The van der Waals surface area contributed by atoms with E-state index in [1.807, 2.05) is 11.9 Å². The average Bonchev–Trinajstić information content (AvgIpc) is 2.53. The predicted octanol–water partition coefficient (Wildman–Crippen LogP) is 4.61. The van der Waals surface area contributed by atoms with Gasteiger partial charge in [0.25, 0.3) is 0 Å². The minimum atomic E-state index is 0.00877. The van der Waals surface area contributed by atoms with E-state index in [0.29, 0.717) is 47.8 Å². The number of carbonyl (C=O) groups is 1. The fourth-order valence-corrected chi connectivity index (χ4v) is 2.51. The maximum absolute atomic E-state index is 10.8. The van der Waals surface area contributed by atoms with Crippen molar-refractivity contribution in [3.8, 4) is 11.5 Å². The van der Waals surface area contributed by atoms with Crippen molar-refractivity contribution in [3.63, 3.8) is 0 Å². The number of ether oxygens (including phenoxy) is 3. The van der Waals surface area contributed by atoms with E-state index >= 15 is 0 Å². The van der Waals surface area contributed by atoms with Gasteiger partial charge in [0.15, 0.2) is 11.5 Å². The first-order valence-electron chi connectivity index (χ1n) is 7.81. The van der Waals surface area contributed by atoms with Gasteiger partial charge in [-0.15, -0.1) is 0 Å². The second-order valence-corrected chi connectivity index (χ2v) is 7.25. The lowest BCUT2D eigenvalue weighted by atomic mass is 10.3. The Kier molecular flexibility index (Phi) is 11.4. The molecule has 5 nitrogen and oxygen atoms in total. The average molecular weight is 445 g/mol. The molecule has 1 rings (SSSR count). The van der Waals surface area contributed by atoms with E-state index < -0.39 is 0 Å². The van der Waals surface area contributed by atoms with Crippen LogP contribution in [0.2, 0.25) is 10.0 Å². The van der Waals surface area contributed by atoms with Crippen molar-refractivity contribution in [2.75, 3.05) is 46.6 Å². The Morgan fingerprint density at radius 3 is 2.31 bits per heavy atom. The molecule has 0 atom stereocenters. The minimum Gasteiger partial charge on any atom is -0.489 e. The molecule has 9 heteroatoms. The Hall–Kier alpha value is -0.690. The molecule has 0 fully saturated rings. The summed E-state index contributed by atoms with van der Waals surface area (Å²) < 4.78 is 16.4. The number of ketones is 1. The first-order valence-corrected chi connectivity index (χ1v) is 9.32. The summed E-state index contributed by atoms with van der Waals surface area (Å²) in [5.74, 6) is 0.889. The highest BCUT2D eigenvalue weighted by atomic mass is 35.5.